The van der Waals surface area contributed by atoms with E-state index in [4.69, 9.17) is 15.6 Å². The molecule has 0 spiro atoms. The van der Waals surface area contributed by atoms with Crippen molar-refractivity contribution in [2.45, 2.75) is 39.2 Å². The van der Waals surface area contributed by atoms with Gasteiger partial charge in [0.25, 0.3) is 5.91 Å². The van der Waals surface area contributed by atoms with Gasteiger partial charge < -0.3 is 31.3 Å². The summed E-state index contributed by atoms with van der Waals surface area (Å²) < 4.78 is 5.00. The highest BCUT2D eigenvalue weighted by molar-refractivity contribution is 8.13. The SMILES string of the molecule is CC(C)(CO)C(OC(=O)CN)C(=O)NCCC(=O)NCCSC(=O)CCC(=O)O. The van der Waals surface area contributed by atoms with Crippen molar-refractivity contribution in [3.8, 4) is 0 Å². The third kappa shape index (κ3) is 12.1. The van der Waals surface area contributed by atoms with E-state index in [2.05, 4.69) is 10.6 Å². The number of nitrogens with two attached hydrogens (primary N) is 1. The molecule has 0 aromatic rings. The lowest BCUT2D eigenvalue weighted by Crippen LogP contribution is -2.49. The summed E-state index contributed by atoms with van der Waals surface area (Å²) in [5.41, 5.74) is 4.14. The number of aliphatic carboxylic acids is 1. The Bertz CT molecular complexity index is 597. The number of rotatable bonds is 14. The Morgan fingerprint density at radius 2 is 1.72 bits per heavy atom. The summed E-state index contributed by atoms with van der Waals surface area (Å²) in [7, 11) is 0. The normalized spacial score (nSPS) is 12.0. The van der Waals surface area contributed by atoms with Crippen LogP contribution in [0.5, 0.6) is 0 Å². The molecule has 0 bridgehead atoms. The second kappa shape index (κ2) is 13.9. The van der Waals surface area contributed by atoms with Crippen molar-refractivity contribution in [2.75, 3.05) is 32.0 Å². The van der Waals surface area contributed by atoms with Crippen LogP contribution in [0.2, 0.25) is 0 Å². The molecule has 0 saturated heterocycles. The Balaban J connectivity index is 4.22. The van der Waals surface area contributed by atoms with Gasteiger partial charge in [0.15, 0.2) is 11.2 Å². The molecule has 29 heavy (non-hydrogen) atoms. The van der Waals surface area contributed by atoms with Crippen LogP contribution in [0.3, 0.4) is 0 Å². The van der Waals surface area contributed by atoms with Crippen LogP contribution >= 0.6 is 11.8 Å². The van der Waals surface area contributed by atoms with E-state index in [1.807, 2.05) is 0 Å². The summed E-state index contributed by atoms with van der Waals surface area (Å²) in [6.45, 7) is 2.46. The zero-order chi connectivity index (χ0) is 22.4. The zero-order valence-electron chi connectivity index (χ0n) is 16.6. The molecule has 0 aliphatic rings. The molecule has 166 valence electrons. The molecule has 11 nitrogen and oxygen atoms in total. The summed E-state index contributed by atoms with van der Waals surface area (Å²) in [5.74, 6) is -2.55. The second-order valence-corrected chi connectivity index (χ2v) is 7.88. The Morgan fingerprint density at radius 1 is 1.07 bits per heavy atom. The molecular formula is C17H29N3O8S. The molecule has 0 radical (unpaired) electrons. The van der Waals surface area contributed by atoms with Crippen molar-refractivity contribution >= 4 is 40.6 Å². The molecule has 2 amide bonds. The van der Waals surface area contributed by atoms with Gasteiger partial charge in [0.2, 0.25) is 5.91 Å². The second-order valence-electron chi connectivity index (χ2n) is 6.73. The number of aliphatic hydroxyl groups excluding tert-OH is 1. The first kappa shape index (κ1) is 26.8. The van der Waals surface area contributed by atoms with Crippen LogP contribution < -0.4 is 16.4 Å². The van der Waals surface area contributed by atoms with Crippen molar-refractivity contribution in [3.05, 3.63) is 0 Å². The van der Waals surface area contributed by atoms with Crippen LogP contribution in [-0.2, 0) is 28.7 Å². The van der Waals surface area contributed by atoms with Crippen LogP contribution in [-0.4, -0.2) is 77.2 Å². The molecule has 0 aliphatic carbocycles. The van der Waals surface area contributed by atoms with Gasteiger partial charge in [0.05, 0.1) is 19.6 Å². The van der Waals surface area contributed by atoms with Gasteiger partial charge in [-0.1, -0.05) is 25.6 Å². The minimum atomic E-state index is -1.26. The minimum Gasteiger partial charge on any atom is -0.481 e. The van der Waals surface area contributed by atoms with Gasteiger partial charge in [0, 0.05) is 37.1 Å². The van der Waals surface area contributed by atoms with Crippen LogP contribution in [0, 0.1) is 5.41 Å². The van der Waals surface area contributed by atoms with Crippen molar-refractivity contribution in [1.82, 2.24) is 10.6 Å². The summed E-state index contributed by atoms with van der Waals surface area (Å²) in [6.07, 6.45) is -1.60. The van der Waals surface area contributed by atoms with Crippen LogP contribution in [0.25, 0.3) is 0 Å². The number of carbonyl (C=O) groups excluding carboxylic acids is 4. The van der Waals surface area contributed by atoms with Crippen molar-refractivity contribution in [1.29, 1.82) is 0 Å². The van der Waals surface area contributed by atoms with E-state index < -0.39 is 42.5 Å². The van der Waals surface area contributed by atoms with Crippen molar-refractivity contribution in [3.63, 3.8) is 0 Å². The fourth-order valence-electron chi connectivity index (χ4n) is 1.95. The zero-order valence-corrected chi connectivity index (χ0v) is 17.4. The maximum atomic E-state index is 12.3. The highest BCUT2D eigenvalue weighted by atomic mass is 32.2. The molecule has 6 N–H and O–H groups in total. The van der Waals surface area contributed by atoms with Crippen molar-refractivity contribution in [2.24, 2.45) is 11.1 Å². The predicted molar refractivity (Wildman–Crippen MR) is 105 cm³/mol. The van der Waals surface area contributed by atoms with Gasteiger partial charge in [-0.2, -0.15) is 0 Å². The molecule has 0 aromatic carbocycles. The van der Waals surface area contributed by atoms with Crippen LogP contribution in [0.4, 0.5) is 0 Å². The standard InChI is InChI=1S/C17H29N3O8S/c1-17(2,10-21)15(28-13(25)9-18)16(27)20-6-5-11(22)19-7-8-29-14(26)4-3-12(23)24/h15,21H,3-10,18H2,1-2H3,(H,19,22)(H,20,27)(H,23,24). The van der Waals surface area contributed by atoms with E-state index in [-0.39, 0.29) is 43.4 Å². The third-order valence-electron chi connectivity index (χ3n) is 3.65. The van der Waals surface area contributed by atoms with Gasteiger partial charge in [-0.3, -0.25) is 24.0 Å². The van der Waals surface area contributed by atoms with E-state index in [1.165, 1.54) is 0 Å². The molecule has 0 heterocycles. The Morgan fingerprint density at radius 3 is 2.28 bits per heavy atom. The molecule has 0 aromatic heterocycles. The van der Waals surface area contributed by atoms with E-state index >= 15 is 0 Å². The largest absolute Gasteiger partial charge is 0.481 e. The van der Waals surface area contributed by atoms with E-state index in [9.17, 15) is 29.1 Å². The average Bonchev–Trinajstić information content (AvgIpc) is 2.67. The van der Waals surface area contributed by atoms with E-state index in [0.29, 0.717) is 5.75 Å². The molecule has 0 aliphatic heterocycles. The highest BCUT2D eigenvalue weighted by Crippen LogP contribution is 2.23. The molecule has 0 rings (SSSR count). The first-order chi connectivity index (χ1) is 13.5. The monoisotopic (exact) mass is 435 g/mol. The molecule has 1 unspecified atom stereocenters. The van der Waals surface area contributed by atoms with Gasteiger partial charge in [0.1, 0.15) is 0 Å². The molecule has 0 fully saturated rings. The summed E-state index contributed by atoms with van der Waals surface area (Å²) in [5, 5.41) is 22.7. The van der Waals surface area contributed by atoms with E-state index in [0.717, 1.165) is 11.8 Å². The topological polar surface area (TPSA) is 185 Å². The van der Waals surface area contributed by atoms with E-state index in [1.54, 1.807) is 13.8 Å². The minimum absolute atomic E-state index is 0.0203. The number of carbonyl (C=O) groups is 5. The quantitative estimate of drug-likeness (QED) is 0.161. The maximum absolute atomic E-state index is 12.3. The Kier molecular flexibility index (Phi) is 12.9. The van der Waals surface area contributed by atoms with Crippen LogP contribution in [0.15, 0.2) is 0 Å². The predicted octanol–water partition coefficient (Wildman–Crippen LogP) is -1.38. The lowest BCUT2D eigenvalue weighted by atomic mass is 9.86. The third-order valence-corrected chi connectivity index (χ3v) is 4.59. The number of thioether (sulfide) groups is 1. The summed E-state index contributed by atoms with van der Waals surface area (Å²) in [4.78, 5) is 57.2. The summed E-state index contributed by atoms with van der Waals surface area (Å²) >= 11 is 0.937. The van der Waals surface area contributed by atoms with Gasteiger partial charge >= 0.3 is 11.9 Å². The Hall–Kier alpha value is -2.18. The number of esters is 1. The fraction of sp³-hybridized carbons (Fsp3) is 0.706. The number of ether oxygens (including phenoxy) is 1. The molecular weight excluding hydrogens is 406 g/mol. The van der Waals surface area contributed by atoms with Gasteiger partial charge in [-0.15, -0.1) is 0 Å². The fourth-order valence-corrected chi connectivity index (χ4v) is 2.63. The number of aliphatic hydroxyl groups is 1. The number of carboxylic acid groups (broad SMARTS) is 1. The first-order valence-electron chi connectivity index (χ1n) is 8.95. The van der Waals surface area contributed by atoms with Gasteiger partial charge in [-0.25, -0.2) is 0 Å². The molecule has 0 saturated carbocycles. The number of nitrogens with one attached hydrogen (secondary N) is 2. The summed E-state index contributed by atoms with van der Waals surface area (Å²) in [6, 6.07) is 0. The maximum Gasteiger partial charge on any atom is 0.320 e. The Labute approximate surface area is 173 Å². The first-order valence-corrected chi connectivity index (χ1v) is 9.94. The number of amides is 2. The molecule has 12 heteroatoms. The lowest BCUT2D eigenvalue weighted by molar-refractivity contribution is -0.163. The van der Waals surface area contributed by atoms with Gasteiger partial charge in [-0.05, 0) is 0 Å². The average molecular weight is 435 g/mol. The van der Waals surface area contributed by atoms with Crippen LogP contribution in [0.1, 0.15) is 33.1 Å². The number of hydrogen-bond donors (Lipinski definition) is 5. The molecule has 1 atom stereocenters. The highest BCUT2D eigenvalue weighted by Gasteiger charge is 2.37. The lowest BCUT2D eigenvalue weighted by Gasteiger charge is -2.30. The smallest absolute Gasteiger partial charge is 0.320 e. The number of hydrogen-bond acceptors (Lipinski definition) is 9. The number of carboxylic acids is 1. The van der Waals surface area contributed by atoms with Crippen molar-refractivity contribution < 1.29 is 38.9 Å².